The summed E-state index contributed by atoms with van der Waals surface area (Å²) in [5.74, 6) is 0.402. The van der Waals surface area contributed by atoms with E-state index in [0.717, 1.165) is 50.5 Å². The smallest absolute Gasteiger partial charge is 0.312 e. The third kappa shape index (κ3) is 4.33. The summed E-state index contributed by atoms with van der Waals surface area (Å²) in [5, 5.41) is 0. The van der Waals surface area contributed by atoms with Crippen molar-refractivity contribution in [2.24, 2.45) is 50.7 Å². The van der Waals surface area contributed by atoms with Crippen LogP contribution >= 0.6 is 0 Å². The molecule has 0 heterocycles. The molecule has 3 fully saturated rings. The molecule has 0 bridgehead atoms. The molecule has 0 aliphatic heterocycles. The quantitative estimate of drug-likeness (QED) is 0.313. The summed E-state index contributed by atoms with van der Waals surface area (Å²) >= 11 is 0. The van der Waals surface area contributed by atoms with Crippen LogP contribution in [0.2, 0.25) is 0 Å². The molecule has 0 spiro atoms. The number of rotatable bonds is 1. The van der Waals surface area contributed by atoms with Crippen molar-refractivity contribution in [1.29, 1.82) is 0 Å². The molecule has 0 aromatic heterocycles. The Morgan fingerprint density at radius 1 is 0.897 bits per heavy atom. The van der Waals surface area contributed by atoms with Gasteiger partial charge in [-0.3, -0.25) is 14.4 Å². The Bertz CT molecular complexity index is 1060. The molecule has 0 saturated heterocycles. The Kier molecular flexibility index (Phi) is 8.65. The number of hydrogen-bond acceptors (Lipinski definition) is 4. The van der Waals surface area contributed by atoms with Gasteiger partial charge in [0.05, 0.1) is 12.5 Å². The summed E-state index contributed by atoms with van der Waals surface area (Å²) in [6.07, 6.45) is 10.5. The maximum absolute atomic E-state index is 14.3. The van der Waals surface area contributed by atoms with Crippen LogP contribution in [-0.2, 0) is 19.1 Å². The van der Waals surface area contributed by atoms with Gasteiger partial charge in [-0.25, -0.2) is 0 Å². The maximum atomic E-state index is 14.3. The first-order valence-corrected chi connectivity index (χ1v) is 15.8. The van der Waals surface area contributed by atoms with Gasteiger partial charge in [0.2, 0.25) is 0 Å². The largest absolute Gasteiger partial charge is 0.469 e. The molecule has 8 atom stereocenters. The average molecular weight is 541 g/mol. The SMILES string of the molecule is CC.CC.COC(=O)[C@]12CCC(C)(C)CC1C1C(=O)C=C3[C@@]4(C)C=C(C)C(=O)[C@@H](C)[C@@H]4CC[C@@]3(C)[C@]1(C)CC2. The van der Waals surface area contributed by atoms with E-state index in [9.17, 15) is 14.4 Å². The second kappa shape index (κ2) is 10.6. The number of carbonyl (C=O) groups is 3. The second-order valence-electron chi connectivity index (χ2n) is 14.2. The fourth-order valence-electron chi connectivity index (χ4n) is 9.99. The summed E-state index contributed by atoms with van der Waals surface area (Å²) < 4.78 is 5.41. The molecule has 5 aliphatic rings. The first-order chi connectivity index (χ1) is 18.2. The van der Waals surface area contributed by atoms with Crippen molar-refractivity contribution >= 4 is 17.5 Å². The average Bonchev–Trinajstić information content (AvgIpc) is 2.90. The molecule has 3 saturated carbocycles. The van der Waals surface area contributed by atoms with Crippen molar-refractivity contribution in [2.75, 3.05) is 7.11 Å². The van der Waals surface area contributed by atoms with Crippen molar-refractivity contribution in [1.82, 2.24) is 0 Å². The van der Waals surface area contributed by atoms with Crippen molar-refractivity contribution in [3.63, 3.8) is 0 Å². The molecule has 5 aliphatic carbocycles. The number of ether oxygens (including phenoxy) is 1. The fraction of sp³-hybridized carbons (Fsp3) is 0.800. The highest BCUT2D eigenvalue weighted by Crippen LogP contribution is 2.73. The Labute approximate surface area is 238 Å². The van der Waals surface area contributed by atoms with Gasteiger partial charge in [-0.2, -0.15) is 0 Å². The van der Waals surface area contributed by atoms with Gasteiger partial charge in [-0.1, -0.05) is 80.9 Å². The molecule has 0 radical (unpaired) electrons. The van der Waals surface area contributed by atoms with E-state index >= 15 is 0 Å². The highest BCUT2D eigenvalue weighted by Gasteiger charge is 2.70. The van der Waals surface area contributed by atoms with Gasteiger partial charge in [-0.15, -0.1) is 0 Å². The van der Waals surface area contributed by atoms with Crippen LogP contribution in [-0.4, -0.2) is 24.6 Å². The van der Waals surface area contributed by atoms with E-state index in [-0.39, 0.29) is 62.9 Å². The lowest BCUT2D eigenvalue weighted by Gasteiger charge is -2.68. The van der Waals surface area contributed by atoms with E-state index in [1.807, 2.05) is 40.7 Å². The minimum absolute atomic E-state index is 0.00856. The predicted octanol–water partition coefficient (Wildman–Crippen LogP) is 8.54. The molecular weight excluding hydrogens is 484 g/mol. The van der Waals surface area contributed by atoms with Gasteiger partial charge in [0, 0.05) is 17.3 Å². The van der Waals surface area contributed by atoms with Crippen LogP contribution in [0, 0.1) is 50.7 Å². The van der Waals surface area contributed by atoms with E-state index in [1.54, 1.807) is 0 Å². The van der Waals surface area contributed by atoms with Gasteiger partial charge in [-0.05, 0) is 91.6 Å². The van der Waals surface area contributed by atoms with Crippen molar-refractivity contribution in [2.45, 2.75) is 121 Å². The third-order valence-electron chi connectivity index (χ3n) is 12.2. The van der Waals surface area contributed by atoms with Gasteiger partial charge in [0.25, 0.3) is 0 Å². The molecule has 4 heteroatoms. The molecule has 39 heavy (non-hydrogen) atoms. The zero-order chi connectivity index (χ0) is 29.8. The standard InChI is InChI=1S/C31H44O4.2C2H6/c1-18-16-28(5)20(19(2)25(18)33)9-10-29(6)23(28)15-22(32)24-21-17-27(3,4)11-13-31(21,26(34)35-8)14-12-30(24,29)7;2*1-2/h15-16,19-21,24H,9-14,17H2,1-8H3;2*1-2H3/t19-,20-,21?,24?,28-,29+,30+,31-;;/m0../s1. The summed E-state index contributed by atoms with van der Waals surface area (Å²) in [4.78, 5) is 40.5. The van der Waals surface area contributed by atoms with Crippen LogP contribution in [0.1, 0.15) is 121 Å². The third-order valence-corrected chi connectivity index (χ3v) is 12.2. The second-order valence-corrected chi connectivity index (χ2v) is 14.2. The fourth-order valence-corrected chi connectivity index (χ4v) is 9.99. The minimum atomic E-state index is -0.546. The van der Waals surface area contributed by atoms with E-state index < -0.39 is 5.41 Å². The molecule has 220 valence electrons. The summed E-state index contributed by atoms with van der Waals surface area (Å²) in [6.45, 7) is 23.6. The number of Topliss-reactive ketones (excluding diaryl/α,β-unsaturated/α-hetero) is 1. The van der Waals surface area contributed by atoms with Gasteiger partial charge < -0.3 is 4.74 Å². The number of fused-ring (bicyclic) bond motifs is 7. The number of carbonyl (C=O) groups excluding carboxylic acids is 3. The number of hydrogen-bond donors (Lipinski definition) is 0. The zero-order valence-corrected chi connectivity index (χ0v) is 27.0. The Balaban J connectivity index is 0.00000100. The summed E-state index contributed by atoms with van der Waals surface area (Å²) in [5.41, 5.74) is 0.995. The lowest BCUT2D eigenvalue weighted by atomic mass is 9.35. The molecule has 0 N–H and O–H groups in total. The van der Waals surface area contributed by atoms with Crippen LogP contribution < -0.4 is 0 Å². The van der Waals surface area contributed by atoms with Crippen LogP contribution in [0.25, 0.3) is 0 Å². The normalized spacial score (nSPS) is 43.8. The first kappa shape index (κ1) is 31.8. The van der Waals surface area contributed by atoms with Crippen LogP contribution in [0.5, 0.6) is 0 Å². The van der Waals surface area contributed by atoms with Crippen LogP contribution in [0.4, 0.5) is 0 Å². The molecular formula is C35H56O4. The minimum Gasteiger partial charge on any atom is -0.469 e. The molecule has 4 nitrogen and oxygen atoms in total. The van der Waals surface area contributed by atoms with Gasteiger partial charge in [0.15, 0.2) is 11.6 Å². The Hall–Kier alpha value is -1.71. The summed E-state index contributed by atoms with van der Waals surface area (Å²) in [7, 11) is 1.51. The summed E-state index contributed by atoms with van der Waals surface area (Å²) in [6, 6.07) is 0. The number of esters is 1. The molecule has 0 aromatic rings. The Morgan fingerprint density at radius 3 is 2.08 bits per heavy atom. The maximum Gasteiger partial charge on any atom is 0.312 e. The van der Waals surface area contributed by atoms with Gasteiger partial charge >= 0.3 is 5.97 Å². The number of ketones is 2. The van der Waals surface area contributed by atoms with Crippen LogP contribution in [0.3, 0.4) is 0 Å². The van der Waals surface area contributed by atoms with Crippen molar-refractivity contribution in [3.05, 3.63) is 23.3 Å². The van der Waals surface area contributed by atoms with E-state index in [2.05, 4.69) is 47.6 Å². The molecule has 5 rings (SSSR count). The number of methoxy groups -OCH3 is 1. The Morgan fingerprint density at radius 2 is 1.49 bits per heavy atom. The number of allylic oxidation sites excluding steroid dienone is 4. The molecule has 0 aromatic carbocycles. The highest BCUT2D eigenvalue weighted by molar-refractivity contribution is 5.99. The lowest BCUT2D eigenvalue weighted by Crippen LogP contribution is -2.65. The van der Waals surface area contributed by atoms with Crippen molar-refractivity contribution < 1.29 is 19.1 Å². The van der Waals surface area contributed by atoms with E-state index in [4.69, 9.17) is 4.74 Å². The first-order valence-electron chi connectivity index (χ1n) is 15.8. The van der Waals surface area contributed by atoms with Crippen LogP contribution in [0.15, 0.2) is 23.3 Å². The van der Waals surface area contributed by atoms with E-state index in [1.165, 1.54) is 12.7 Å². The predicted molar refractivity (Wildman–Crippen MR) is 159 cm³/mol. The molecule has 0 amide bonds. The topological polar surface area (TPSA) is 60.4 Å². The molecule has 2 unspecified atom stereocenters. The lowest BCUT2D eigenvalue weighted by molar-refractivity contribution is -0.190. The highest BCUT2D eigenvalue weighted by atomic mass is 16.5. The van der Waals surface area contributed by atoms with Gasteiger partial charge in [0.1, 0.15) is 0 Å². The zero-order valence-electron chi connectivity index (χ0n) is 27.0. The monoisotopic (exact) mass is 540 g/mol. The van der Waals surface area contributed by atoms with Crippen molar-refractivity contribution in [3.8, 4) is 0 Å². The van der Waals surface area contributed by atoms with E-state index in [0.29, 0.717) is 0 Å².